The summed E-state index contributed by atoms with van der Waals surface area (Å²) in [5, 5.41) is 23.1. The number of amides is 1. The first-order chi connectivity index (χ1) is 30.0. The average molecular weight is 860 g/mol. The summed E-state index contributed by atoms with van der Waals surface area (Å²) in [4.78, 5) is 24.4. The maximum Gasteiger partial charge on any atom is 0.305 e. The number of esters is 1. The zero-order valence-corrected chi connectivity index (χ0v) is 40.9. The fourth-order valence-corrected chi connectivity index (χ4v) is 8.27. The average Bonchev–Trinajstić information content (AvgIpc) is 3.26. The van der Waals surface area contributed by atoms with Gasteiger partial charge in [0.15, 0.2) is 0 Å². The minimum Gasteiger partial charge on any atom is -0.466 e. The topological polar surface area (TPSA) is 95.9 Å². The third kappa shape index (κ3) is 47.7. The van der Waals surface area contributed by atoms with Crippen LogP contribution in [0, 0.1) is 0 Å². The number of aliphatic hydroxyl groups is 2. The van der Waals surface area contributed by atoms with Gasteiger partial charge in [0.25, 0.3) is 0 Å². The van der Waals surface area contributed by atoms with Crippen LogP contribution in [0.15, 0.2) is 24.3 Å². The van der Waals surface area contributed by atoms with Crippen molar-refractivity contribution in [1.82, 2.24) is 5.32 Å². The van der Waals surface area contributed by atoms with E-state index in [0.717, 1.165) is 70.6 Å². The first kappa shape index (κ1) is 59.3. The molecule has 6 heteroatoms. The summed E-state index contributed by atoms with van der Waals surface area (Å²) in [6.45, 7) is 4.86. The molecule has 0 aromatic rings. The highest BCUT2D eigenvalue weighted by Crippen LogP contribution is 2.16. The van der Waals surface area contributed by atoms with Crippen LogP contribution < -0.4 is 5.32 Å². The molecule has 3 N–H and O–H groups in total. The van der Waals surface area contributed by atoms with Crippen molar-refractivity contribution in [2.24, 2.45) is 0 Å². The molecule has 0 aliphatic carbocycles. The molecule has 0 radical (unpaired) electrons. The Labute approximate surface area is 380 Å². The van der Waals surface area contributed by atoms with Gasteiger partial charge in [-0.2, -0.15) is 0 Å². The molecule has 0 aromatic heterocycles. The zero-order valence-electron chi connectivity index (χ0n) is 40.9. The van der Waals surface area contributed by atoms with Crippen LogP contribution in [-0.4, -0.2) is 47.4 Å². The van der Waals surface area contributed by atoms with Gasteiger partial charge in [0.2, 0.25) is 5.91 Å². The molecule has 0 heterocycles. The lowest BCUT2D eigenvalue weighted by atomic mass is 10.0. The van der Waals surface area contributed by atoms with Gasteiger partial charge < -0.3 is 20.3 Å². The second-order valence-corrected chi connectivity index (χ2v) is 18.6. The predicted octanol–water partition coefficient (Wildman–Crippen LogP) is 16.3. The van der Waals surface area contributed by atoms with E-state index in [0.29, 0.717) is 19.4 Å². The number of carbonyl (C=O) groups excluding carboxylic acids is 2. The van der Waals surface area contributed by atoms with Gasteiger partial charge in [-0.25, -0.2) is 0 Å². The van der Waals surface area contributed by atoms with E-state index in [1.54, 1.807) is 6.08 Å². The fraction of sp³-hybridized carbons (Fsp3) is 0.891. The zero-order chi connectivity index (χ0) is 44.4. The number of ether oxygens (including phenoxy) is 1. The molecule has 0 bridgehead atoms. The van der Waals surface area contributed by atoms with Gasteiger partial charge in [0, 0.05) is 12.8 Å². The molecule has 0 aliphatic rings. The molecule has 1 amide bonds. The van der Waals surface area contributed by atoms with E-state index in [1.165, 1.54) is 193 Å². The lowest BCUT2D eigenvalue weighted by Crippen LogP contribution is -2.45. The smallest absolute Gasteiger partial charge is 0.305 e. The SMILES string of the molecule is CCCCCCCCCCCCCCCCCCCC/C=C/C(O)C(CO)NC(=O)CCCCC/C=C\CCCCCCCCOC(=O)CCCCCCCCCCCCC. The summed E-state index contributed by atoms with van der Waals surface area (Å²) in [6, 6.07) is -0.648. The van der Waals surface area contributed by atoms with E-state index in [4.69, 9.17) is 4.74 Å². The first-order valence-electron chi connectivity index (χ1n) is 27.1. The number of hydrogen-bond donors (Lipinski definition) is 3. The lowest BCUT2D eigenvalue weighted by molar-refractivity contribution is -0.143. The summed E-state index contributed by atoms with van der Waals surface area (Å²) in [6.07, 6.45) is 60.4. The molecule has 0 fully saturated rings. The molecular formula is C55H105NO5. The lowest BCUT2D eigenvalue weighted by Gasteiger charge is -2.19. The largest absolute Gasteiger partial charge is 0.466 e. The van der Waals surface area contributed by atoms with Gasteiger partial charge >= 0.3 is 5.97 Å². The van der Waals surface area contributed by atoms with Crippen molar-refractivity contribution in [2.45, 2.75) is 302 Å². The standard InChI is InChI=1S/C55H105NO5/c1-3-5-7-9-11-13-15-16-17-18-19-20-21-22-24-28-31-35-39-43-47-53(58)52(51-57)56-54(59)48-44-40-36-32-29-25-23-26-30-34-38-42-46-50-61-55(60)49-45-41-37-33-27-14-12-10-8-6-4-2/h25,29,43,47,52-53,57-58H,3-24,26-28,30-42,44-46,48-51H2,1-2H3,(H,56,59)/b29-25-,47-43+. The van der Waals surface area contributed by atoms with Crippen LogP contribution in [0.25, 0.3) is 0 Å². The third-order valence-corrected chi connectivity index (χ3v) is 12.5. The Hall–Kier alpha value is -1.66. The Kier molecular flexibility index (Phi) is 49.6. The molecule has 0 saturated carbocycles. The van der Waals surface area contributed by atoms with Crippen molar-refractivity contribution < 1.29 is 24.5 Å². The molecule has 0 saturated heterocycles. The summed E-state index contributed by atoms with van der Waals surface area (Å²) < 4.78 is 5.44. The Morgan fingerprint density at radius 2 is 0.770 bits per heavy atom. The van der Waals surface area contributed by atoms with Crippen LogP contribution in [0.2, 0.25) is 0 Å². The summed E-state index contributed by atoms with van der Waals surface area (Å²) in [5.74, 6) is -0.110. The molecule has 2 unspecified atom stereocenters. The minimum absolute atomic E-state index is 0.0142. The maximum absolute atomic E-state index is 12.4. The summed E-state index contributed by atoms with van der Waals surface area (Å²) >= 11 is 0. The van der Waals surface area contributed by atoms with E-state index in [9.17, 15) is 19.8 Å². The quantitative estimate of drug-likeness (QED) is 0.0322. The molecular weight excluding hydrogens is 755 g/mol. The number of hydrogen-bond acceptors (Lipinski definition) is 5. The van der Waals surface area contributed by atoms with Gasteiger partial charge in [0.05, 0.1) is 25.4 Å². The molecule has 6 nitrogen and oxygen atoms in total. The summed E-state index contributed by atoms with van der Waals surface area (Å²) in [5.41, 5.74) is 0. The van der Waals surface area contributed by atoms with Gasteiger partial charge in [-0.1, -0.05) is 244 Å². The van der Waals surface area contributed by atoms with Crippen molar-refractivity contribution in [3.05, 3.63) is 24.3 Å². The Balaban J connectivity index is 3.54. The molecule has 0 rings (SSSR count). The Morgan fingerprint density at radius 3 is 1.18 bits per heavy atom. The van der Waals surface area contributed by atoms with E-state index in [-0.39, 0.29) is 18.5 Å². The number of rotatable bonds is 50. The van der Waals surface area contributed by atoms with Crippen LogP contribution in [0.4, 0.5) is 0 Å². The van der Waals surface area contributed by atoms with Gasteiger partial charge in [-0.3, -0.25) is 9.59 Å². The van der Waals surface area contributed by atoms with Crippen LogP contribution >= 0.6 is 0 Å². The van der Waals surface area contributed by atoms with Crippen molar-refractivity contribution in [3.63, 3.8) is 0 Å². The molecule has 360 valence electrons. The van der Waals surface area contributed by atoms with E-state index in [1.807, 2.05) is 6.08 Å². The first-order valence-corrected chi connectivity index (χ1v) is 27.1. The summed E-state index contributed by atoms with van der Waals surface area (Å²) in [7, 11) is 0. The van der Waals surface area contributed by atoms with Crippen molar-refractivity contribution in [2.75, 3.05) is 13.2 Å². The second kappa shape index (κ2) is 51.0. The predicted molar refractivity (Wildman–Crippen MR) is 264 cm³/mol. The number of allylic oxidation sites excluding steroid dienone is 3. The highest BCUT2D eigenvalue weighted by Gasteiger charge is 2.18. The van der Waals surface area contributed by atoms with Crippen molar-refractivity contribution in [1.29, 1.82) is 0 Å². The van der Waals surface area contributed by atoms with E-state index < -0.39 is 12.1 Å². The number of unbranched alkanes of at least 4 members (excludes halogenated alkanes) is 37. The number of nitrogens with one attached hydrogen (secondary N) is 1. The van der Waals surface area contributed by atoms with Crippen molar-refractivity contribution in [3.8, 4) is 0 Å². The van der Waals surface area contributed by atoms with Crippen LogP contribution in [0.3, 0.4) is 0 Å². The van der Waals surface area contributed by atoms with Crippen LogP contribution in [0.5, 0.6) is 0 Å². The van der Waals surface area contributed by atoms with Gasteiger partial charge in [-0.05, 0) is 57.8 Å². The van der Waals surface area contributed by atoms with Crippen molar-refractivity contribution >= 4 is 11.9 Å². The van der Waals surface area contributed by atoms with Gasteiger partial charge in [0.1, 0.15) is 0 Å². The molecule has 0 aromatic carbocycles. The number of aliphatic hydroxyl groups excluding tert-OH is 2. The number of carbonyl (C=O) groups is 2. The minimum atomic E-state index is -0.861. The fourth-order valence-electron chi connectivity index (χ4n) is 8.27. The van der Waals surface area contributed by atoms with Crippen LogP contribution in [0.1, 0.15) is 290 Å². The molecule has 2 atom stereocenters. The highest BCUT2D eigenvalue weighted by molar-refractivity contribution is 5.76. The second-order valence-electron chi connectivity index (χ2n) is 18.6. The third-order valence-electron chi connectivity index (χ3n) is 12.5. The molecule has 61 heavy (non-hydrogen) atoms. The van der Waals surface area contributed by atoms with Crippen LogP contribution in [-0.2, 0) is 14.3 Å². The van der Waals surface area contributed by atoms with Gasteiger partial charge in [-0.15, -0.1) is 0 Å². The van der Waals surface area contributed by atoms with E-state index in [2.05, 4.69) is 31.3 Å². The van der Waals surface area contributed by atoms with E-state index >= 15 is 0 Å². The Bertz CT molecular complexity index is 951. The molecule has 0 spiro atoms. The molecule has 0 aliphatic heterocycles. The maximum atomic E-state index is 12.4. The highest BCUT2D eigenvalue weighted by atomic mass is 16.5. The monoisotopic (exact) mass is 860 g/mol. The Morgan fingerprint density at radius 1 is 0.443 bits per heavy atom. The normalized spacial score (nSPS) is 12.8.